The van der Waals surface area contributed by atoms with E-state index < -0.39 is 5.41 Å². The molecule has 0 bridgehead atoms. The number of benzene rings is 2. The summed E-state index contributed by atoms with van der Waals surface area (Å²) in [7, 11) is 2.09. The number of piperidine rings is 1. The molecule has 1 fully saturated rings. The van der Waals surface area contributed by atoms with Gasteiger partial charge < -0.3 is 4.90 Å². The van der Waals surface area contributed by atoms with Gasteiger partial charge in [0.25, 0.3) is 0 Å². The van der Waals surface area contributed by atoms with Gasteiger partial charge in [-0.1, -0.05) is 30.0 Å². The SMILES string of the molecule is Br.CN1CCC2(CC1)C(=O)c1cc(F)ccc1Sc1ccccc12. The molecule has 126 valence electrons. The van der Waals surface area contributed by atoms with Gasteiger partial charge in [0.05, 0.1) is 5.41 Å². The van der Waals surface area contributed by atoms with Crippen molar-refractivity contribution in [1.82, 2.24) is 4.90 Å². The summed E-state index contributed by atoms with van der Waals surface area (Å²) in [5, 5.41) is 0. The molecule has 0 saturated carbocycles. The Morgan fingerprint density at radius 2 is 1.79 bits per heavy atom. The molecule has 1 saturated heterocycles. The molecular weight excluding hydrogens is 389 g/mol. The highest BCUT2D eigenvalue weighted by atomic mass is 79.9. The Kier molecular flexibility index (Phi) is 4.87. The van der Waals surface area contributed by atoms with Crippen LogP contribution in [0.1, 0.15) is 28.8 Å². The minimum Gasteiger partial charge on any atom is -0.306 e. The molecule has 4 rings (SSSR count). The molecule has 2 aliphatic heterocycles. The molecule has 1 spiro atoms. The van der Waals surface area contributed by atoms with Crippen LogP contribution in [0.15, 0.2) is 52.3 Å². The first-order valence-electron chi connectivity index (χ1n) is 7.90. The summed E-state index contributed by atoms with van der Waals surface area (Å²) in [4.78, 5) is 17.7. The van der Waals surface area contributed by atoms with E-state index in [4.69, 9.17) is 0 Å². The van der Waals surface area contributed by atoms with E-state index in [1.165, 1.54) is 12.1 Å². The second-order valence-electron chi connectivity index (χ2n) is 6.45. The first-order chi connectivity index (χ1) is 11.1. The summed E-state index contributed by atoms with van der Waals surface area (Å²) in [6.45, 7) is 1.77. The second kappa shape index (κ2) is 6.62. The molecule has 2 aromatic rings. The number of likely N-dealkylation sites (tertiary alicyclic amines) is 1. The Labute approximate surface area is 156 Å². The van der Waals surface area contributed by atoms with Crippen LogP contribution in [0.4, 0.5) is 4.39 Å². The number of halogens is 2. The highest BCUT2D eigenvalue weighted by Gasteiger charge is 2.46. The Hall–Kier alpha value is -1.17. The number of hydrogen-bond acceptors (Lipinski definition) is 3. The molecule has 0 amide bonds. The fourth-order valence-electron chi connectivity index (χ4n) is 3.71. The highest BCUT2D eigenvalue weighted by Crippen LogP contribution is 2.48. The summed E-state index contributed by atoms with van der Waals surface area (Å²) in [5.41, 5.74) is 1.13. The van der Waals surface area contributed by atoms with Crippen LogP contribution in [-0.4, -0.2) is 30.8 Å². The van der Waals surface area contributed by atoms with Crippen LogP contribution in [0.5, 0.6) is 0 Å². The van der Waals surface area contributed by atoms with Crippen molar-refractivity contribution in [1.29, 1.82) is 0 Å². The first-order valence-corrected chi connectivity index (χ1v) is 8.72. The zero-order chi connectivity index (χ0) is 16.0. The summed E-state index contributed by atoms with van der Waals surface area (Å²) in [6.07, 6.45) is 1.58. The minimum absolute atomic E-state index is 0. The van der Waals surface area contributed by atoms with Crippen molar-refractivity contribution >= 4 is 34.5 Å². The van der Waals surface area contributed by atoms with Gasteiger partial charge in [-0.3, -0.25) is 4.79 Å². The molecule has 0 atom stereocenters. The van der Waals surface area contributed by atoms with E-state index in [2.05, 4.69) is 24.1 Å². The number of carbonyl (C=O) groups excluding carboxylic acids is 1. The van der Waals surface area contributed by atoms with Gasteiger partial charge in [0.2, 0.25) is 0 Å². The quantitative estimate of drug-likeness (QED) is 0.630. The van der Waals surface area contributed by atoms with Crippen LogP contribution < -0.4 is 0 Å². The van der Waals surface area contributed by atoms with Gasteiger partial charge in [0.15, 0.2) is 5.78 Å². The molecule has 24 heavy (non-hydrogen) atoms. The van der Waals surface area contributed by atoms with E-state index in [9.17, 15) is 9.18 Å². The monoisotopic (exact) mass is 407 g/mol. The van der Waals surface area contributed by atoms with Crippen LogP contribution in [0.25, 0.3) is 0 Å². The smallest absolute Gasteiger partial charge is 0.174 e. The van der Waals surface area contributed by atoms with E-state index in [1.54, 1.807) is 17.8 Å². The predicted octanol–water partition coefficient (Wildman–Crippen LogP) is 4.71. The van der Waals surface area contributed by atoms with Gasteiger partial charge in [-0.2, -0.15) is 0 Å². The lowest BCUT2D eigenvalue weighted by Gasteiger charge is -2.40. The average Bonchev–Trinajstić information content (AvgIpc) is 2.66. The summed E-state index contributed by atoms with van der Waals surface area (Å²) < 4.78 is 13.8. The third-order valence-electron chi connectivity index (χ3n) is 5.08. The van der Waals surface area contributed by atoms with Crippen LogP contribution in [-0.2, 0) is 5.41 Å². The predicted molar refractivity (Wildman–Crippen MR) is 100 cm³/mol. The van der Waals surface area contributed by atoms with E-state index in [0.29, 0.717) is 5.56 Å². The van der Waals surface area contributed by atoms with Crippen LogP contribution in [0.3, 0.4) is 0 Å². The second-order valence-corrected chi connectivity index (χ2v) is 7.54. The summed E-state index contributed by atoms with van der Waals surface area (Å²) in [6, 6.07) is 12.7. The zero-order valence-corrected chi connectivity index (χ0v) is 15.9. The molecule has 0 radical (unpaired) electrons. The third kappa shape index (κ3) is 2.72. The summed E-state index contributed by atoms with van der Waals surface area (Å²) in [5.74, 6) is -0.260. The van der Waals surface area contributed by atoms with Crippen molar-refractivity contribution < 1.29 is 9.18 Å². The number of fused-ring (bicyclic) bond motifs is 3. The van der Waals surface area contributed by atoms with Gasteiger partial charge in [-0.15, -0.1) is 17.0 Å². The van der Waals surface area contributed by atoms with E-state index >= 15 is 0 Å². The molecule has 2 nitrogen and oxygen atoms in total. The zero-order valence-electron chi connectivity index (χ0n) is 13.4. The van der Waals surface area contributed by atoms with E-state index in [-0.39, 0.29) is 28.6 Å². The first kappa shape index (κ1) is 17.6. The fraction of sp³-hybridized carbons (Fsp3) is 0.316. The summed E-state index contributed by atoms with van der Waals surface area (Å²) >= 11 is 1.58. The largest absolute Gasteiger partial charge is 0.306 e. The molecule has 2 heterocycles. The fourth-order valence-corrected chi connectivity index (χ4v) is 4.87. The van der Waals surface area contributed by atoms with E-state index in [0.717, 1.165) is 41.3 Å². The molecule has 2 aromatic carbocycles. The van der Waals surface area contributed by atoms with Crippen molar-refractivity contribution in [2.45, 2.75) is 28.0 Å². The van der Waals surface area contributed by atoms with Gasteiger partial charge in [0.1, 0.15) is 5.82 Å². The Morgan fingerprint density at radius 1 is 1.08 bits per heavy atom. The van der Waals surface area contributed by atoms with Crippen molar-refractivity contribution in [2.75, 3.05) is 20.1 Å². The van der Waals surface area contributed by atoms with Gasteiger partial charge in [0, 0.05) is 15.4 Å². The van der Waals surface area contributed by atoms with Crippen LogP contribution >= 0.6 is 28.7 Å². The van der Waals surface area contributed by atoms with Crippen molar-refractivity contribution in [3.8, 4) is 0 Å². The minimum atomic E-state index is -0.519. The van der Waals surface area contributed by atoms with Crippen molar-refractivity contribution in [3.05, 3.63) is 59.4 Å². The maximum atomic E-state index is 13.8. The highest BCUT2D eigenvalue weighted by molar-refractivity contribution is 8.93. The number of Topliss-reactive ketones (excluding diaryl/α,β-unsaturated/α-hetero) is 1. The molecule has 0 unspecified atom stereocenters. The molecule has 2 aliphatic rings. The van der Waals surface area contributed by atoms with Crippen molar-refractivity contribution in [3.63, 3.8) is 0 Å². The van der Waals surface area contributed by atoms with Crippen molar-refractivity contribution in [2.24, 2.45) is 0 Å². The van der Waals surface area contributed by atoms with Gasteiger partial charge in [-0.25, -0.2) is 4.39 Å². The van der Waals surface area contributed by atoms with Gasteiger partial charge >= 0.3 is 0 Å². The van der Waals surface area contributed by atoms with Gasteiger partial charge in [-0.05, 0) is 62.8 Å². The van der Waals surface area contributed by atoms with Crippen LogP contribution in [0, 0.1) is 5.82 Å². The number of hydrogen-bond donors (Lipinski definition) is 0. The normalized spacial score (nSPS) is 19.2. The topological polar surface area (TPSA) is 20.3 Å². The lowest BCUT2D eigenvalue weighted by atomic mass is 9.68. The molecule has 0 aliphatic carbocycles. The van der Waals surface area contributed by atoms with Crippen LogP contribution in [0.2, 0.25) is 0 Å². The number of nitrogens with zero attached hydrogens (tertiary/aromatic N) is 1. The molecule has 5 heteroatoms. The molecule has 0 aromatic heterocycles. The molecule has 0 N–H and O–H groups in total. The lowest BCUT2D eigenvalue weighted by molar-refractivity contribution is 0.0787. The Bertz CT molecular complexity index is 787. The Balaban J connectivity index is 0.00000169. The van der Waals surface area contributed by atoms with E-state index in [1.807, 2.05) is 12.1 Å². The number of ketones is 1. The maximum Gasteiger partial charge on any atom is 0.174 e. The standard InChI is InChI=1S/C19H18FNOS.BrH/c1-21-10-8-19(9-11-21)15-4-2-3-5-17(15)23-16-7-6-13(20)12-14(16)18(19)22;/h2-7,12H,8-11H2,1H3;1H. The maximum absolute atomic E-state index is 13.8. The third-order valence-corrected chi connectivity index (χ3v) is 6.24. The average molecular weight is 408 g/mol. The number of rotatable bonds is 0. The molecular formula is C19H19BrFNOS. The Morgan fingerprint density at radius 3 is 2.54 bits per heavy atom. The number of carbonyl (C=O) groups is 1. The lowest BCUT2D eigenvalue weighted by Crippen LogP contribution is -2.46.